The van der Waals surface area contributed by atoms with Crippen molar-refractivity contribution in [3.8, 4) is 0 Å². The van der Waals surface area contributed by atoms with Gasteiger partial charge in [0, 0.05) is 40.0 Å². The van der Waals surface area contributed by atoms with Crippen LogP contribution in [0.2, 0.25) is 0 Å². The Hall–Kier alpha value is -1.76. The van der Waals surface area contributed by atoms with Crippen LogP contribution in [0.15, 0.2) is 40.1 Å². The Morgan fingerprint density at radius 2 is 1.92 bits per heavy atom. The highest BCUT2D eigenvalue weighted by atomic mass is 32.2. The Kier molecular flexibility index (Phi) is 3.53. The second-order valence-electron chi connectivity index (χ2n) is 6.05. The van der Waals surface area contributed by atoms with Gasteiger partial charge < -0.3 is 5.32 Å². The largest absolute Gasteiger partial charge is 0.419 e. The lowest BCUT2D eigenvalue weighted by Crippen LogP contribution is -2.24. The molecule has 1 aromatic carbocycles. The molecule has 1 unspecified atom stereocenters. The number of ketones is 1. The number of dihydropyridines is 1. The summed E-state index contributed by atoms with van der Waals surface area (Å²) in [5.41, 5.74) is 1.38. The quantitative estimate of drug-likeness (QED) is 0.752. The second kappa shape index (κ2) is 5.37. The number of allylic oxidation sites excluding steroid dienone is 4. The first-order valence-electron chi connectivity index (χ1n) is 7.62. The van der Waals surface area contributed by atoms with Crippen LogP contribution in [0.3, 0.4) is 0 Å². The van der Waals surface area contributed by atoms with Crippen molar-refractivity contribution in [2.24, 2.45) is 0 Å². The van der Waals surface area contributed by atoms with Crippen molar-refractivity contribution in [2.75, 3.05) is 5.75 Å². The summed E-state index contributed by atoms with van der Waals surface area (Å²) in [6, 6.07) is 3.06. The summed E-state index contributed by atoms with van der Waals surface area (Å²) in [7, 11) is 0. The molecule has 0 aromatic heterocycles. The van der Waals surface area contributed by atoms with Crippen molar-refractivity contribution in [1.82, 2.24) is 5.32 Å². The first-order valence-corrected chi connectivity index (χ1v) is 8.60. The molecule has 0 amide bonds. The van der Waals surface area contributed by atoms with E-state index >= 15 is 0 Å². The predicted molar refractivity (Wildman–Crippen MR) is 82.6 cm³/mol. The van der Waals surface area contributed by atoms with E-state index in [4.69, 9.17) is 0 Å². The molecule has 1 N–H and O–H groups in total. The van der Waals surface area contributed by atoms with E-state index in [2.05, 4.69) is 5.32 Å². The third-order valence-electron chi connectivity index (χ3n) is 4.62. The molecule has 0 spiro atoms. The average molecular weight is 355 g/mol. The molecule has 0 saturated heterocycles. The Labute approximate surface area is 140 Å². The number of carbonyl (C=O) groups is 1. The molecule has 7 heteroatoms. The molecule has 0 bridgehead atoms. The highest BCUT2D eigenvalue weighted by Crippen LogP contribution is 2.51. The van der Waals surface area contributed by atoms with Crippen LogP contribution in [0.4, 0.5) is 17.6 Å². The van der Waals surface area contributed by atoms with Crippen LogP contribution >= 0.6 is 11.8 Å². The van der Waals surface area contributed by atoms with Gasteiger partial charge in [0.2, 0.25) is 0 Å². The standard InChI is InChI=1S/C17H13F4NOS/c18-10-2-1-8(7-9(10)17(19,20)21)14-15-11(3-4-13(15)23)22-12-5-6-24-16(12)14/h1-2,7,14,22H,3-6H2. The van der Waals surface area contributed by atoms with Crippen LogP contribution < -0.4 is 5.32 Å². The fourth-order valence-electron chi connectivity index (χ4n) is 3.57. The Balaban J connectivity index is 1.87. The zero-order chi connectivity index (χ0) is 17.1. The number of Topliss-reactive ketones (excluding diaryl/α,β-unsaturated/α-hetero) is 1. The van der Waals surface area contributed by atoms with Gasteiger partial charge in [-0.15, -0.1) is 11.8 Å². The molecule has 0 fully saturated rings. The minimum absolute atomic E-state index is 0.0422. The topological polar surface area (TPSA) is 29.1 Å². The van der Waals surface area contributed by atoms with Crippen LogP contribution in [0.25, 0.3) is 0 Å². The van der Waals surface area contributed by atoms with Crippen molar-refractivity contribution in [2.45, 2.75) is 31.4 Å². The maximum Gasteiger partial charge on any atom is 0.419 e. The Morgan fingerprint density at radius 1 is 1.12 bits per heavy atom. The highest BCUT2D eigenvalue weighted by Gasteiger charge is 2.41. The minimum atomic E-state index is -4.76. The summed E-state index contributed by atoms with van der Waals surface area (Å²) >= 11 is 1.55. The molecule has 2 heterocycles. The lowest BCUT2D eigenvalue weighted by atomic mass is 9.85. The minimum Gasteiger partial charge on any atom is -0.361 e. The summed E-state index contributed by atoms with van der Waals surface area (Å²) in [6.07, 6.45) is -3.01. The van der Waals surface area contributed by atoms with Crippen molar-refractivity contribution in [1.29, 1.82) is 0 Å². The first kappa shape index (κ1) is 15.7. The summed E-state index contributed by atoms with van der Waals surface area (Å²) in [6.45, 7) is 0. The Bertz CT molecular complexity index is 809. The Morgan fingerprint density at radius 3 is 2.67 bits per heavy atom. The molecule has 1 aliphatic carbocycles. The van der Waals surface area contributed by atoms with Gasteiger partial charge in [-0.2, -0.15) is 13.2 Å². The number of thioether (sulfide) groups is 1. The van der Waals surface area contributed by atoms with E-state index in [-0.39, 0.29) is 5.78 Å². The van der Waals surface area contributed by atoms with E-state index in [1.54, 1.807) is 11.8 Å². The van der Waals surface area contributed by atoms with Crippen LogP contribution in [-0.4, -0.2) is 11.5 Å². The highest BCUT2D eigenvalue weighted by molar-refractivity contribution is 8.03. The predicted octanol–water partition coefficient (Wildman–Crippen LogP) is 4.50. The van der Waals surface area contributed by atoms with E-state index in [0.717, 1.165) is 40.6 Å². The molecule has 2 nitrogen and oxygen atoms in total. The molecule has 1 atom stereocenters. The number of benzene rings is 1. The molecule has 3 aliphatic rings. The van der Waals surface area contributed by atoms with Gasteiger partial charge in [-0.25, -0.2) is 4.39 Å². The normalized spacial score (nSPS) is 23.5. The third-order valence-corrected chi connectivity index (χ3v) is 5.82. The van der Waals surface area contributed by atoms with Crippen LogP contribution in [0, 0.1) is 5.82 Å². The van der Waals surface area contributed by atoms with Crippen molar-refractivity contribution in [3.63, 3.8) is 0 Å². The lowest BCUT2D eigenvalue weighted by molar-refractivity contribution is -0.140. The van der Waals surface area contributed by atoms with Gasteiger partial charge in [-0.1, -0.05) is 6.07 Å². The number of halogens is 4. The average Bonchev–Trinajstić information content (AvgIpc) is 3.12. The molecule has 2 aliphatic heterocycles. The van der Waals surface area contributed by atoms with E-state index in [1.807, 2.05) is 0 Å². The number of hydrogen-bond acceptors (Lipinski definition) is 3. The molecule has 0 radical (unpaired) electrons. The van der Waals surface area contributed by atoms with Gasteiger partial charge in [-0.05, 0) is 30.5 Å². The first-order chi connectivity index (χ1) is 11.4. The van der Waals surface area contributed by atoms with Crippen molar-refractivity contribution in [3.05, 3.63) is 57.0 Å². The molecule has 0 saturated carbocycles. The van der Waals surface area contributed by atoms with Gasteiger partial charge in [-0.3, -0.25) is 4.79 Å². The van der Waals surface area contributed by atoms with E-state index in [0.29, 0.717) is 24.0 Å². The van der Waals surface area contributed by atoms with Gasteiger partial charge >= 0.3 is 6.18 Å². The summed E-state index contributed by atoms with van der Waals surface area (Å²) in [4.78, 5) is 13.2. The molecular formula is C17H13F4NOS. The van der Waals surface area contributed by atoms with Gasteiger partial charge in [0.15, 0.2) is 5.78 Å². The zero-order valence-corrected chi connectivity index (χ0v) is 13.3. The van der Waals surface area contributed by atoms with E-state index < -0.39 is 23.5 Å². The maximum absolute atomic E-state index is 13.6. The van der Waals surface area contributed by atoms with E-state index in [1.165, 1.54) is 6.07 Å². The van der Waals surface area contributed by atoms with Crippen LogP contribution in [0.5, 0.6) is 0 Å². The fourth-order valence-corrected chi connectivity index (χ4v) is 4.84. The zero-order valence-electron chi connectivity index (χ0n) is 12.5. The van der Waals surface area contributed by atoms with Gasteiger partial charge in [0.1, 0.15) is 5.82 Å². The molecule has 4 rings (SSSR count). The second-order valence-corrected chi connectivity index (χ2v) is 7.19. The molecule has 24 heavy (non-hydrogen) atoms. The lowest BCUT2D eigenvalue weighted by Gasteiger charge is -2.28. The third kappa shape index (κ3) is 2.37. The summed E-state index contributed by atoms with van der Waals surface area (Å²) in [5, 5.41) is 3.29. The summed E-state index contributed by atoms with van der Waals surface area (Å²) < 4.78 is 52.8. The number of rotatable bonds is 1. The number of alkyl halides is 3. The van der Waals surface area contributed by atoms with Crippen molar-refractivity contribution >= 4 is 17.5 Å². The van der Waals surface area contributed by atoms with Crippen LogP contribution in [-0.2, 0) is 11.0 Å². The van der Waals surface area contributed by atoms with Gasteiger partial charge in [0.25, 0.3) is 0 Å². The number of hydrogen-bond donors (Lipinski definition) is 1. The number of nitrogens with one attached hydrogen (secondary N) is 1. The fraction of sp³-hybridized carbons (Fsp3) is 0.353. The molecule has 1 aromatic rings. The van der Waals surface area contributed by atoms with E-state index in [9.17, 15) is 22.4 Å². The monoisotopic (exact) mass is 355 g/mol. The van der Waals surface area contributed by atoms with Gasteiger partial charge in [0.05, 0.1) is 5.56 Å². The SMILES string of the molecule is O=C1CCC2=C1C(c1ccc(F)c(C(F)(F)F)c1)C1=C(CCS1)N2. The summed E-state index contributed by atoms with van der Waals surface area (Å²) in [5.74, 6) is -1.02. The van der Waals surface area contributed by atoms with Crippen LogP contribution in [0.1, 0.15) is 36.3 Å². The van der Waals surface area contributed by atoms with Crippen molar-refractivity contribution < 1.29 is 22.4 Å². The molecular weight excluding hydrogens is 342 g/mol. The smallest absolute Gasteiger partial charge is 0.361 e. The maximum atomic E-state index is 13.6. The number of carbonyl (C=O) groups excluding carboxylic acids is 1. The molecule has 126 valence electrons.